The number of nitrogens with zero attached hydrogens (tertiary/aromatic N) is 4. The van der Waals surface area contributed by atoms with Crippen molar-refractivity contribution >= 4 is 5.69 Å². The fraction of sp³-hybridized carbons (Fsp3) is 0.111. The molecular weight excluding hydrogens is 196 g/mol. The maximum absolute atomic E-state index is 10.7. The van der Waals surface area contributed by atoms with Crippen LogP contribution in [0.4, 0.5) is 5.69 Å². The Labute approximate surface area is 85.4 Å². The quantitative estimate of drug-likeness (QED) is 0.547. The predicted octanol–water partition coefficient (Wildman–Crippen LogP) is 1.39. The molecule has 2 aromatic rings. The van der Waals surface area contributed by atoms with Crippen molar-refractivity contribution in [2.75, 3.05) is 0 Å². The second-order valence-electron chi connectivity index (χ2n) is 3.07. The molecule has 0 atom stereocenters. The van der Waals surface area contributed by atoms with Gasteiger partial charge in [-0.05, 0) is 6.07 Å². The van der Waals surface area contributed by atoms with Crippen molar-refractivity contribution < 1.29 is 4.92 Å². The molecule has 0 aromatic carbocycles. The van der Waals surface area contributed by atoms with Crippen LogP contribution in [0.15, 0.2) is 31.0 Å². The summed E-state index contributed by atoms with van der Waals surface area (Å²) in [4.78, 5) is 18.1. The second kappa shape index (κ2) is 3.49. The summed E-state index contributed by atoms with van der Waals surface area (Å²) in [7, 11) is 1.81. The number of aromatic nitrogens is 3. The number of rotatable bonds is 2. The summed E-state index contributed by atoms with van der Waals surface area (Å²) in [5.74, 6) is 0. The Balaban J connectivity index is 2.57. The second-order valence-corrected chi connectivity index (χ2v) is 3.07. The van der Waals surface area contributed by atoms with Gasteiger partial charge in [-0.2, -0.15) is 0 Å². The van der Waals surface area contributed by atoms with E-state index in [4.69, 9.17) is 0 Å². The summed E-state index contributed by atoms with van der Waals surface area (Å²) in [6.45, 7) is 0. The van der Waals surface area contributed by atoms with E-state index in [0.29, 0.717) is 11.3 Å². The summed E-state index contributed by atoms with van der Waals surface area (Å²) < 4.78 is 1.74. The summed E-state index contributed by atoms with van der Waals surface area (Å²) in [5.41, 5.74) is 1.03. The van der Waals surface area contributed by atoms with Gasteiger partial charge in [0.25, 0.3) is 5.69 Å². The number of imidazole rings is 1. The number of aryl methyl sites for hydroxylation is 1. The molecule has 2 aromatic heterocycles. The third kappa shape index (κ3) is 1.69. The molecule has 0 aliphatic carbocycles. The first-order valence-corrected chi connectivity index (χ1v) is 4.25. The van der Waals surface area contributed by atoms with Crippen molar-refractivity contribution in [3.05, 3.63) is 41.1 Å². The van der Waals surface area contributed by atoms with Crippen LogP contribution >= 0.6 is 0 Å². The van der Waals surface area contributed by atoms with E-state index < -0.39 is 4.92 Å². The Morgan fingerprint density at radius 1 is 1.53 bits per heavy atom. The first kappa shape index (κ1) is 9.32. The Hall–Kier alpha value is -2.24. The highest BCUT2D eigenvalue weighted by atomic mass is 16.6. The number of hydrogen-bond acceptors (Lipinski definition) is 4. The highest BCUT2D eigenvalue weighted by molar-refractivity contribution is 5.68. The van der Waals surface area contributed by atoms with Crippen LogP contribution < -0.4 is 0 Å². The molecule has 0 N–H and O–H groups in total. The van der Waals surface area contributed by atoms with E-state index in [-0.39, 0.29) is 5.69 Å². The monoisotopic (exact) mass is 204 g/mol. The molecule has 0 radical (unpaired) electrons. The van der Waals surface area contributed by atoms with E-state index in [2.05, 4.69) is 9.97 Å². The minimum Gasteiger partial charge on any atom is -0.340 e. The molecule has 0 spiro atoms. The highest BCUT2D eigenvalue weighted by Gasteiger charge is 2.16. The molecule has 0 unspecified atom stereocenters. The van der Waals surface area contributed by atoms with Crippen molar-refractivity contribution in [3.8, 4) is 11.3 Å². The largest absolute Gasteiger partial charge is 0.340 e. The summed E-state index contributed by atoms with van der Waals surface area (Å²) in [6.07, 6.45) is 6.06. The maximum Gasteiger partial charge on any atom is 0.296 e. The van der Waals surface area contributed by atoms with Crippen LogP contribution in [0.5, 0.6) is 0 Å². The van der Waals surface area contributed by atoms with Crippen LogP contribution in [0, 0.1) is 10.1 Å². The summed E-state index contributed by atoms with van der Waals surface area (Å²) in [6, 6.07) is 1.58. The molecule has 0 saturated heterocycles. The molecule has 6 nitrogen and oxygen atoms in total. The number of pyridine rings is 1. The van der Waals surface area contributed by atoms with Gasteiger partial charge < -0.3 is 4.57 Å². The lowest BCUT2D eigenvalue weighted by Gasteiger charge is -1.97. The normalized spacial score (nSPS) is 10.2. The van der Waals surface area contributed by atoms with Crippen molar-refractivity contribution in [1.29, 1.82) is 0 Å². The number of hydrogen-bond donors (Lipinski definition) is 0. The van der Waals surface area contributed by atoms with E-state index >= 15 is 0 Å². The van der Waals surface area contributed by atoms with Crippen LogP contribution in [-0.2, 0) is 7.05 Å². The smallest absolute Gasteiger partial charge is 0.296 e. The van der Waals surface area contributed by atoms with Crippen molar-refractivity contribution in [2.45, 2.75) is 0 Å². The lowest BCUT2D eigenvalue weighted by molar-refractivity contribution is -0.384. The SMILES string of the molecule is Cn1cnc(-c2ccncc2[N+](=O)[O-])c1. The van der Waals surface area contributed by atoms with Crippen LogP contribution in [0.25, 0.3) is 11.3 Å². The van der Waals surface area contributed by atoms with Gasteiger partial charge in [0.1, 0.15) is 6.20 Å². The van der Waals surface area contributed by atoms with Crippen molar-refractivity contribution in [1.82, 2.24) is 14.5 Å². The standard InChI is InChI=1S/C9H8N4O2/c1-12-5-8(11-6-12)7-2-3-10-4-9(7)13(14)15/h2-6H,1H3. The molecule has 15 heavy (non-hydrogen) atoms. The Morgan fingerprint density at radius 3 is 2.93 bits per heavy atom. The fourth-order valence-corrected chi connectivity index (χ4v) is 1.30. The van der Waals surface area contributed by atoms with E-state index in [0.717, 1.165) is 0 Å². The highest BCUT2D eigenvalue weighted by Crippen LogP contribution is 2.26. The Bertz CT molecular complexity index is 506. The van der Waals surface area contributed by atoms with E-state index in [9.17, 15) is 10.1 Å². The average molecular weight is 204 g/mol. The predicted molar refractivity (Wildman–Crippen MR) is 53.1 cm³/mol. The lowest BCUT2D eigenvalue weighted by Crippen LogP contribution is -1.92. The third-order valence-corrected chi connectivity index (χ3v) is 1.98. The molecule has 0 aliphatic heterocycles. The van der Waals surface area contributed by atoms with Crippen LogP contribution in [0.2, 0.25) is 0 Å². The molecule has 6 heteroatoms. The Morgan fingerprint density at radius 2 is 2.33 bits per heavy atom. The molecule has 0 saturated carbocycles. The van der Waals surface area contributed by atoms with E-state index in [1.807, 2.05) is 7.05 Å². The molecule has 0 bridgehead atoms. The van der Waals surface area contributed by atoms with Crippen LogP contribution in [-0.4, -0.2) is 19.5 Å². The zero-order valence-corrected chi connectivity index (χ0v) is 7.99. The minimum absolute atomic E-state index is 0.0313. The minimum atomic E-state index is -0.461. The van der Waals surface area contributed by atoms with Gasteiger partial charge in [0.15, 0.2) is 0 Å². The van der Waals surface area contributed by atoms with Gasteiger partial charge in [-0.15, -0.1) is 0 Å². The number of nitro groups is 1. The molecule has 76 valence electrons. The summed E-state index contributed by atoms with van der Waals surface area (Å²) >= 11 is 0. The first-order valence-electron chi connectivity index (χ1n) is 4.25. The van der Waals surface area contributed by atoms with Gasteiger partial charge in [0.05, 0.1) is 22.5 Å². The molecule has 0 fully saturated rings. The molecule has 2 heterocycles. The van der Waals surface area contributed by atoms with Gasteiger partial charge in [0.2, 0.25) is 0 Å². The van der Waals surface area contributed by atoms with Crippen molar-refractivity contribution in [3.63, 3.8) is 0 Å². The third-order valence-electron chi connectivity index (χ3n) is 1.98. The first-order chi connectivity index (χ1) is 7.18. The Kier molecular flexibility index (Phi) is 2.17. The molecule has 0 amide bonds. The fourth-order valence-electron chi connectivity index (χ4n) is 1.30. The van der Waals surface area contributed by atoms with E-state index in [1.165, 1.54) is 12.4 Å². The van der Waals surface area contributed by atoms with Gasteiger partial charge in [0, 0.05) is 19.4 Å². The molecule has 2 rings (SSSR count). The topological polar surface area (TPSA) is 73.8 Å². The van der Waals surface area contributed by atoms with Gasteiger partial charge in [-0.1, -0.05) is 0 Å². The lowest BCUT2D eigenvalue weighted by atomic mass is 10.2. The molecule has 0 aliphatic rings. The van der Waals surface area contributed by atoms with Crippen LogP contribution in [0.3, 0.4) is 0 Å². The van der Waals surface area contributed by atoms with Gasteiger partial charge in [-0.25, -0.2) is 4.98 Å². The zero-order chi connectivity index (χ0) is 10.8. The van der Waals surface area contributed by atoms with Gasteiger partial charge in [-0.3, -0.25) is 15.1 Å². The van der Waals surface area contributed by atoms with Gasteiger partial charge >= 0.3 is 0 Å². The summed E-state index contributed by atoms with van der Waals surface area (Å²) in [5, 5.41) is 10.7. The van der Waals surface area contributed by atoms with E-state index in [1.54, 1.807) is 23.2 Å². The zero-order valence-electron chi connectivity index (χ0n) is 7.99. The average Bonchev–Trinajstić information content (AvgIpc) is 2.65. The van der Waals surface area contributed by atoms with Crippen molar-refractivity contribution in [2.24, 2.45) is 7.05 Å². The van der Waals surface area contributed by atoms with Crippen LogP contribution in [0.1, 0.15) is 0 Å². The maximum atomic E-state index is 10.7. The molecular formula is C9H8N4O2.